The Morgan fingerprint density at radius 1 is 1.12 bits per heavy atom. The van der Waals surface area contributed by atoms with Crippen LogP contribution in [-0.2, 0) is 14.8 Å². The van der Waals surface area contributed by atoms with Gasteiger partial charge in [0.05, 0.1) is 21.2 Å². The summed E-state index contributed by atoms with van der Waals surface area (Å²) in [5.41, 5.74) is 1.76. The predicted molar refractivity (Wildman–Crippen MR) is 134 cm³/mol. The van der Waals surface area contributed by atoms with Crippen molar-refractivity contribution in [2.75, 3.05) is 19.6 Å². The maximum atomic E-state index is 13.1. The second-order valence-corrected chi connectivity index (χ2v) is 11.1. The first-order valence-electron chi connectivity index (χ1n) is 11.4. The summed E-state index contributed by atoms with van der Waals surface area (Å²) >= 11 is 1.66. The van der Waals surface area contributed by atoms with Crippen molar-refractivity contribution in [1.82, 2.24) is 14.2 Å². The molecule has 0 bridgehead atoms. The fourth-order valence-electron chi connectivity index (χ4n) is 4.21. The molecule has 2 aromatic carbocycles. The highest BCUT2D eigenvalue weighted by molar-refractivity contribution is 7.89. The average Bonchev–Trinajstić information content (AvgIpc) is 3.27. The predicted octanol–water partition coefficient (Wildman–Crippen LogP) is 5.09. The van der Waals surface area contributed by atoms with Crippen LogP contribution in [0.5, 0.6) is 0 Å². The maximum absolute atomic E-state index is 13.1. The number of thiazole rings is 1. The van der Waals surface area contributed by atoms with E-state index in [0.717, 1.165) is 40.1 Å². The van der Waals surface area contributed by atoms with Crippen molar-refractivity contribution in [2.45, 2.75) is 44.0 Å². The van der Waals surface area contributed by atoms with Gasteiger partial charge in [0.25, 0.3) is 0 Å². The lowest BCUT2D eigenvalue weighted by Gasteiger charge is -2.33. The van der Waals surface area contributed by atoms with Crippen molar-refractivity contribution < 1.29 is 13.2 Å². The summed E-state index contributed by atoms with van der Waals surface area (Å²) in [6.07, 6.45) is 6.31. The van der Waals surface area contributed by atoms with E-state index >= 15 is 0 Å². The summed E-state index contributed by atoms with van der Waals surface area (Å²) in [7, 11) is -3.49. The van der Waals surface area contributed by atoms with Gasteiger partial charge in [-0.3, -0.25) is 4.79 Å². The largest absolute Gasteiger partial charge is 0.330 e. The van der Waals surface area contributed by atoms with Crippen LogP contribution in [-0.4, -0.2) is 48.1 Å². The number of carbonyl (C=O) groups is 1. The number of aromatic nitrogens is 1. The molecule has 1 atom stereocenters. The number of hydrogen-bond acceptors (Lipinski definition) is 5. The van der Waals surface area contributed by atoms with E-state index in [9.17, 15) is 13.2 Å². The van der Waals surface area contributed by atoms with E-state index in [1.165, 1.54) is 4.31 Å². The molecule has 174 valence electrons. The molecule has 3 aromatic rings. The molecule has 4 rings (SSSR count). The van der Waals surface area contributed by atoms with Gasteiger partial charge in [0.1, 0.15) is 5.01 Å². The number of para-hydroxylation sites is 1. The van der Waals surface area contributed by atoms with Crippen molar-refractivity contribution in [2.24, 2.45) is 0 Å². The van der Waals surface area contributed by atoms with E-state index in [0.29, 0.717) is 19.6 Å². The number of benzene rings is 2. The Morgan fingerprint density at radius 3 is 2.55 bits per heavy atom. The van der Waals surface area contributed by atoms with Gasteiger partial charge in [-0.15, -0.1) is 11.3 Å². The van der Waals surface area contributed by atoms with Gasteiger partial charge in [-0.25, -0.2) is 13.4 Å². The summed E-state index contributed by atoms with van der Waals surface area (Å²) in [4.78, 5) is 20.0. The number of likely N-dealkylation sites (tertiary alicyclic amines) is 1. The molecule has 1 aliphatic rings. The SMILES string of the molecule is CCN(CC)S(=O)(=O)c1ccc(/C=C/C(=O)N2CCCCC2c2nc3ccccc3s2)cc1. The fourth-order valence-corrected chi connectivity index (χ4v) is 6.78. The van der Waals surface area contributed by atoms with E-state index in [2.05, 4.69) is 6.07 Å². The van der Waals surface area contributed by atoms with Crippen LogP contribution < -0.4 is 0 Å². The van der Waals surface area contributed by atoms with E-state index in [1.807, 2.05) is 36.9 Å². The van der Waals surface area contributed by atoms with Crippen molar-refractivity contribution >= 4 is 43.6 Å². The number of nitrogens with zero attached hydrogens (tertiary/aromatic N) is 3. The minimum Gasteiger partial charge on any atom is -0.330 e. The fraction of sp³-hybridized carbons (Fsp3) is 0.360. The van der Waals surface area contributed by atoms with Crippen LogP contribution in [0.25, 0.3) is 16.3 Å². The Labute approximate surface area is 199 Å². The minimum atomic E-state index is -3.49. The molecule has 1 unspecified atom stereocenters. The summed E-state index contributed by atoms with van der Waals surface area (Å²) in [5.74, 6) is -0.0428. The lowest BCUT2D eigenvalue weighted by Crippen LogP contribution is -2.37. The third-order valence-corrected chi connectivity index (χ3v) is 9.22. The molecule has 1 fully saturated rings. The number of piperidine rings is 1. The number of carbonyl (C=O) groups excluding carboxylic acids is 1. The van der Waals surface area contributed by atoms with Gasteiger partial charge >= 0.3 is 0 Å². The summed E-state index contributed by atoms with van der Waals surface area (Å²) in [6, 6.07) is 14.7. The minimum absolute atomic E-state index is 0.00473. The second-order valence-electron chi connectivity index (χ2n) is 8.05. The molecule has 0 saturated carbocycles. The molecule has 0 N–H and O–H groups in total. The third kappa shape index (κ3) is 5.03. The second kappa shape index (κ2) is 10.2. The zero-order chi connectivity index (χ0) is 23.4. The molecule has 6 nitrogen and oxygen atoms in total. The summed E-state index contributed by atoms with van der Waals surface area (Å²) in [5, 5.41) is 0.989. The van der Waals surface area contributed by atoms with E-state index in [-0.39, 0.29) is 16.8 Å². The van der Waals surface area contributed by atoms with Crippen molar-refractivity contribution in [1.29, 1.82) is 0 Å². The number of fused-ring (bicyclic) bond motifs is 1. The molecular weight excluding hydrogens is 454 g/mol. The molecule has 1 aromatic heterocycles. The Bertz CT molecular complexity index is 1210. The molecule has 0 radical (unpaired) electrons. The molecule has 0 spiro atoms. The topological polar surface area (TPSA) is 70.6 Å². The Morgan fingerprint density at radius 2 is 1.85 bits per heavy atom. The van der Waals surface area contributed by atoms with Gasteiger partial charge in [0.15, 0.2) is 0 Å². The van der Waals surface area contributed by atoms with Crippen molar-refractivity contribution in [3.8, 4) is 0 Å². The number of amides is 1. The highest BCUT2D eigenvalue weighted by Gasteiger charge is 2.29. The Balaban J connectivity index is 1.50. The van der Waals surface area contributed by atoms with E-state index in [1.54, 1.807) is 47.8 Å². The molecule has 8 heteroatoms. The van der Waals surface area contributed by atoms with E-state index < -0.39 is 10.0 Å². The van der Waals surface area contributed by atoms with Crippen LogP contribution in [0.2, 0.25) is 0 Å². The lowest BCUT2D eigenvalue weighted by molar-refractivity contribution is -0.129. The van der Waals surface area contributed by atoms with Crippen molar-refractivity contribution in [3.63, 3.8) is 0 Å². The Hall–Kier alpha value is -2.55. The third-order valence-electron chi connectivity index (χ3n) is 6.02. The van der Waals surface area contributed by atoms with Crippen LogP contribution in [0.1, 0.15) is 49.7 Å². The standard InChI is InChI=1S/C25H29N3O3S2/c1-3-27(4-2)33(30,31)20-15-12-19(13-16-20)14-17-24(29)28-18-8-7-10-22(28)25-26-21-9-5-6-11-23(21)32-25/h5-6,9,11-17,22H,3-4,7-8,10,18H2,1-2H3/b17-14+. The molecule has 1 aliphatic heterocycles. The quantitative estimate of drug-likeness (QED) is 0.439. The number of sulfonamides is 1. The monoisotopic (exact) mass is 483 g/mol. The summed E-state index contributed by atoms with van der Waals surface area (Å²) in [6.45, 7) is 5.23. The first kappa shape index (κ1) is 23.6. The molecule has 1 saturated heterocycles. The van der Waals surface area contributed by atoms with Crippen LogP contribution in [0.3, 0.4) is 0 Å². The van der Waals surface area contributed by atoms with Gasteiger partial charge in [-0.1, -0.05) is 38.1 Å². The smallest absolute Gasteiger partial charge is 0.247 e. The first-order valence-corrected chi connectivity index (χ1v) is 13.6. The molecule has 2 heterocycles. The van der Waals surface area contributed by atoms with Gasteiger partial charge in [0, 0.05) is 25.7 Å². The van der Waals surface area contributed by atoms with Crippen LogP contribution >= 0.6 is 11.3 Å². The Kier molecular flexibility index (Phi) is 7.26. The highest BCUT2D eigenvalue weighted by Crippen LogP contribution is 2.35. The average molecular weight is 484 g/mol. The molecular formula is C25H29N3O3S2. The zero-order valence-corrected chi connectivity index (χ0v) is 20.6. The molecule has 33 heavy (non-hydrogen) atoms. The van der Waals surface area contributed by atoms with E-state index in [4.69, 9.17) is 4.98 Å². The van der Waals surface area contributed by atoms with Crippen LogP contribution in [0, 0.1) is 0 Å². The van der Waals surface area contributed by atoms with Gasteiger partial charge < -0.3 is 4.90 Å². The number of rotatable bonds is 7. The van der Waals surface area contributed by atoms with Crippen LogP contribution in [0.15, 0.2) is 59.5 Å². The normalized spacial score (nSPS) is 17.3. The van der Waals surface area contributed by atoms with Crippen LogP contribution in [0.4, 0.5) is 0 Å². The molecule has 1 amide bonds. The maximum Gasteiger partial charge on any atom is 0.247 e. The van der Waals surface area contributed by atoms with Gasteiger partial charge in [0.2, 0.25) is 15.9 Å². The highest BCUT2D eigenvalue weighted by atomic mass is 32.2. The summed E-state index contributed by atoms with van der Waals surface area (Å²) < 4.78 is 27.9. The number of hydrogen-bond donors (Lipinski definition) is 0. The van der Waals surface area contributed by atoms with Gasteiger partial charge in [-0.2, -0.15) is 4.31 Å². The molecule has 0 aliphatic carbocycles. The lowest BCUT2D eigenvalue weighted by atomic mass is 10.0. The van der Waals surface area contributed by atoms with Gasteiger partial charge in [-0.05, 0) is 55.2 Å². The zero-order valence-electron chi connectivity index (χ0n) is 19.0. The van der Waals surface area contributed by atoms with Crippen molar-refractivity contribution in [3.05, 3.63) is 65.2 Å². The first-order chi connectivity index (χ1) is 15.9.